The first-order valence-electron chi connectivity index (χ1n) is 4.92. The van der Waals surface area contributed by atoms with Gasteiger partial charge in [0.1, 0.15) is 11.6 Å². The van der Waals surface area contributed by atoms with E-state index >= 15 is 0 Å². The van der Waals surface area contributed by atoms with E-state index in [4.69, 9.17) is 0 Å². The van der Waals surface area contributed by atoms with Gasteiger partial charge < -0.3 is 0 Å². The second kappa shape index (κ2) is 4.07. The van der Waals surface area contributed by atoms with Gasteiger partial charge in [0.2, 0.25) is 0 Å². The van der Waals surface area contributed by atoms with Crippen molar-refractivity contribution in [3.05, 3.63) is 34.9 Å². The fraction of sp³-hybridized carbons (Fsp3) is 0.500. The maximum absolute atomic E-state index is 13.3. The minimum absolute atomic E-state index is 0.0908. The zero-order chi connectivity index (χ0) is 10.9. The molecule has 0 aliphatic carbocycles. The van der Waals surface area contributed by atoms with Gasteiger partial charge in [0.15, 0.2) is 0 Å². The molecule has 1 aromatic carbocycles. The number of hydrogen-bond acceptors (Lipinski definition) is 0. The monoisotopic (exact) mass is 198 g/mol. The van der Waals surface area contributed by atoms with Crippen LogP contribution in [-0.4, -0.2) is 0 Å². The van der Waals surface area contributed by atoms with Crippen LogP contribution in [0.15, 0.2) is 12.1 Å². The molecular weight excluding hydrogens is 182 g/mol. The summed E-state index contributed by atoms with van der Waals surface area (Å²) in [5, 5.41) is 0. The van der Waals surface area contributed by atoms with Crippen LogP contribution in [0.5, 0.6) is 0 Å². The lowest BCUT2D eigenvalue weighted by atomic mass is 9.95. The van der Waals surface area contributed by atoms with Gasteiger partial charge in [0.05, 0.1) is 0 Å². The van der Waals surface area contributed by atoms with Crippen molar-refractivity contribution in [2.24, 2.45) is 0 Å². The molecule has 0 aromatic heterocycles. The summed E-state index contributed by atoms with van der Waals surface area (Å²) in [4.78, 5) is 0. The largest absolute Gasteiger partial charge is 0.207 e. The first-order valence-corrected chi connectivity index (χ1v) is 4.92. The van der Waals surface area contributed by atoms with Crippen LogP contribution in [0.2, 0.25) is 0 Å². The second-order valence-electron chi connectivity index (χ2n) is 4.20. The van der Waals surface area contributed by atoms with E-state index < -0.39 is 11.6 Å². The summed E-state index contributed by atoms with van der Waals surface area (Å²) >= 11 is 0. The van der Waals surface area contributed by atoms with Crippen LogP contribution in [0.4, 0.5) is 8.78 Å². The zero-order valence-corrected chi connectivity index (χ0v) is 9.07. The van der Waals surface area contributed by atoms with Crippen LogP contribution in [0.1, 0.15) is 50.7 Å². The van der Waals surface area contributed by atoms with E-state index in [-0.39, 0.29) is 11.8 Å². The lowest BCUT2D eigenvalue weighted by Crippen LogP contribution is -2.00. The van der Waals surface area contributed by atoms with Gasteiger partial charge in [-0.3, -0.25) is 0 Å². The summed E-state index contributed by atoms with van der Waals surface area (Å²) in [5.74, 6) is -0.704. The third kappa shape index (κ3) is 2.11. The van der Waals surface area contributed by atoms with E-state index in [1.165, 1.54) is 0 Å². The average Bonchev–Trinajstić information content (AvgIpc) is 2.02. The van der Waals surface area contributed by atoms with Crippen molar-refractivity contribution in [1.29, 1.82) is 0 Å². The Morgan fingerprint density at radius 1 is 0.786 bits per heavy atom. The van der Waals surface area contributed by atoms with E-state index in [2.05, 4.69) is 0 Å². The Morgan fingerprint density at radius 3 is 1.43 bits per heavy atom. The van der Waals surface area contributed by atoms with Gasteiger partial charge in [-0.2, -0.15) is 0 Å². The predicted molar refractivity (Wildman–Crippen MR) is 54.5 cm³/mol. The average molecular weight is 198 g/mol. The van der Waals surface area contributed by atoms with Crippen LogP contribution in [0.3, 0.4) is 0 Å². The lowest BCUT2D eigenvalue weighted by Gasteiger charge is -2.13. The Balaban J connectivity index is 3.27. The van der Waals surface area contributed by atoms with Gasteiger partial charge in [-0.15, -0.1) is 0 Å². The van der Waals surface area contributed by atoms with E-state index in [1.54, 1.807) is 6.07 Å². The molecule has 0 spiro atoms. The van der Waals surface area contributed by atoms with Crippen LogP contribution in [0.25, 0.3) is 0 Å². The van der Waals surface area contributed by atoms with Gasteiger partial charge in [0, 0.05) is 6.07 Å². The highest BCUT2D eigenvalue weighted by Gasteiger charge is 2.14. The predicted octanol–water partition coefficient (Wildman–Crippen LogP) is 4.21. The van der Waals surface area contributed by atoms with Crippen LogP contribution in [-0.2, 0) is 0 Å². The quantitative estimate of drug-likeness (QED) is 0.667. The van der Waals surface area contributed by atoms with E-state index in [9.17, 15) is 8.78 Å². The Morgan fingerprint density at radius 2 is 1.14 bits per heavy atom. The van der Waals surface area contributed by atoms with Gasteiger partial charge in [0.25, 0.3) is 0 Å². The molecule has 0 fully saturated rings. The van der Waals surface area contributed by atoms with Crippen LogP contribution >= 0.6 is 0 Å². The van der Waals surface area contributed by atoms with E-state index in [0.717, 1.165) is 6.07 Å². The molecule has 0 aliphatic heterocycles. The minimum Gasteiger partial charge on any atom is -0.207 e. The van der Waals surface area contributed by atoms with Crippen LogP contribution in [0, 0.1) is 11.6 Å². The zero-order valence-electron chi connectivity index (χ0n) is 9.07. The Kier molecular flexibility index (Phi) is 3.25. The summed E-state index contributed by atoms with van der Waals surface area (Å²) in [6.45, 7) is 7.61. The number of rotatable bonds is 2. The van der Waals surface area contributed by atoms with Crippen molar-refractivity contribution in [3.8, 4) is 0 Å². The molecule has 1 aromatic rings. The fourth-order valence-electron chi connectivity index (χ4n) is 1.47. The summed E-state index contributed by atoms with van der Waals surface area (Å²) in [5.41, 5.74) is 1.19. The molecule has 1 rings (SSSR count). The highest BCUT2D eigenvalue weighted by atomic mass is 19.1. The molecule has 2 heteroatoms. The van der Waals surface area contributed by atoms with Crippen molar-refractivity contribution in [2.75, 3.05) is 0 Å². The van der Waals surface area contributed by atoms with Crippen molar-refractivity contribution >= 4 is 0 Å². The smallest absolute Gasteiger partial charge is 0.129 e. The molecule has 0 radical (unpaired) electrons. The maximum atomic E-state index is 13.3. The Hall–Kier alpha value is -0.920. The third-order valence-electron chi connectivity index (χ3n) is 2.36. The molecule has 0 bridgehead atoms. The van der Waals surface area contributed by atoms with Gasteiger partial charge in [-0.25, -0.2) is 8.78 Å². The fourth-order valence-corrected chi connectivity index (χ4v) is 1.47. The molecule has 0 saturated heterocycles. The number of halogens is 2. The van der Waals surface area contributed by atoms with Crippen LogP contribution < -0.4 is 0 Å². The van der Waals surface area contributed by atoms with Crippen molar-refractivity contribution in [1.82, 2.24) is 0 Å². The molecule has 78 valence electrons. The summed E-state index contributed by atoms with van der Waals surface area (Å²) < 4.78 is 26.6. The first-order chi connectivity index (χ1) is 6.43. The SMILES string of the molecule is CC(C)c1cc(C(C)C)c(F)cc1F. The van der Waals surface area contributed by atoms with Gasteiger partial charge >= 0.3 is 0 Å². The molecule has 14 heavy (non-hydrogen) atoms. The molecule has 0 unspecified atom stereocenters. The summed E-state index contributed by atoms with van der Waals surface area (Å²) in [7, 11) is 0. The standard InChI is InChI=1S/C12H16F2/c1-7(2)9-5-10(8(3)4)12(14)6-11(9)13/h5-8H,1-4H3. The highest BCUT2D eigenvalue weighted by Crippen LogP contribution is 2.26. The number of hydrogen-bond donors (Lipinski definition) is 0. The molecule has 0 atom stereocenters. The molecule has 0 N–H and O–H groups in total. The molecule has 0 saturated carbocycles. The third-order valence-corrected chi connectivity index (χ3v) is 2.36. The Labute approximate surface area is 84.0 Å². The molecule has 0 nitrogen and oxygen atoms in total. The summed E-state index contributed by atoms with van der Waals surface area (Å²) in [6.07, 6.45) is 0. The minimum atomic E-state index is -0.443. The topological polar surface area (TPSA) is 0 Å². The molecule has 0 heterocycles. The normalized spacial score (nSPS) is 11.4. The van der Waals surface area contributed by atoms with Crippen molar-refractivity contribution < 1.29 is 8.78 Å². The molecule has 0 amide bonds. The molecular formula is C12H16F2. The molecule has 0 aliphatic rings. The van der Waals surface area contributed by atoms with E-state index in [0.29, 0.717) is 11.1 Å². The first kappa shape index (κ1) is 11.2. The maximum Gasteiger partial charge on any atom is 0.129 e. The lowest BCUT2D eigenvalue weighted by molar-refractivity contribution is 0.550. The van der Waals surface area contributed by atoms with E-state index in [1.807, 2.05) is 27.7 Å². The van der Waals surface area contributed by atoms with Crippen molar-refractivity contribution in [3.63, 3.8) is 0 Å². The van der Waals surface area contributed by atoms with Crippen molar-refractivity contribution in [2.45, 2.75) is 39.5 Å². The van der Waals surface area contributed by atoms with Gasteiger partial charge in [-0.1, -0.05) is 27.7 Å². The Bertz CT molecular complexity index is 298. The van der Waals surface area contributed by atoms with Gasteiger partial charge in [-0.05, 0) is 29.0 Å². The second-order valence-corrected chi connectivity index (χ2v) is 4.20. The highest BCUT2D eigenvalue weighted by molar-refractivity contribution is 5.30. The summed E-state index contributed by atoms with van der Waals surface area (Å²) in [6, 6.07) is 2.63. The number of benzene rings is 1.